The highest BCUT2D eigenvalue weighted by atomic mass is 32.2. The van der Waals surface area contributed by atoms with Crippen molar-refractivity contribution in [1.82, 2.24) is 14.9 Å². The largest absolute Gasteiger partial charge is 0.417 e. The second-order valence-electron chi connectivity index (χ2n) is 7.90. The predicted molar refractivity (Wildman–Crippen MR) is 97.5 cm³/mol. The smallest absolute Gasteiger partial charge is 0.281 e. The summed E-state index contributed by atoms with van der Waals surface area (Å²) in [6.07, 6.45) is -0.527. The molecule has 26 heavy (non-hydrogen) atoms. The maximum Gasteiger partial charge on any atom is 0.417 e. The molecular formula is C17H22F3N3OS2. The molecule has 2 aromatic heterocycles. The van der Waals surface area contributed by atoms with Gasteiger partial charge in [0.1, 0.15) is 0 Å². The molecule has 3 heterocycles. The number of rotatable bonds is 3. The van der Waals surface area contributed by atoms with E-state index in [1.54, 1.807) is 0 Å². The van der Waals surface area contributed by atoms with Gasteiger partial charge in [-0.1, -0.05) is 0 Å². The molecule has 9 heteroatoms. The van der Waals surface area contributed by atoms with Crippen LogP contribution in [0, 0.1) is 0 Å². The molecule has 0 aromatic carbocycles. The number of nitrogens with zero attached hydrogens (tertiary/aromatic N) is 3. The number of hydrogen-bond donors (Lipinski definition) is 0. The first kappa shape index (κ1) is 19.7. The third kappa shape index (κ3) is 3.80. The summed E-state index contributed by atoms with van der Waals surface area (Å²) in [7, 11) is -1.42. The number of hydrogen-bond acceptors (Lipinski definition) is 5. The van der Waals surface area contributed by atoms with Gasteiger partial charge in [0.25, 0.3) is 0 Å². The van der Waals surface area contributed by atoms with E-state index in [4.69, 9.17) is 0 Å². The van der Waals surface area contributed by atoms with Crippen LogP contribution in [0.2, 0.25) is 0 Å². The van der Waals surface area contributed by atoms with Gasteiger partial charge in [-0.15, -0.1) is 11.3 Å². The predicted octanol–water partition coefficient (Wildman–Crippen LogP) is 4.82. The van der Waals surface area contributed by atoms with Crippen molar-refractivity contribution in [2.24, 2.45) is 0 Å². The van der Waals surface area contributed by atoms with Crippen LogP contribution in [-0.2, 0) is 17.0 Å². The highest BCUT2D eigenvalue weighted by molar-refractivity contribution is 7.87. The zero-order valence-electron chi connectivity index (χ0n) is 15.2. The molecule has 1 fully saturated rings. The van der Waals surface area contributed by atoms with Crippen LogP contribution in [0.4, 0.5) is 13.2 Å². The van der Waals surface area contributed by atoms with Gasteiger partial charge in [0.05, 0.1) is 26.9 Å². The lowest BCUT2D eigenvalue weighted by molar-refractivity contribution is -0.137. The Hall–Kier alpha value is -1.06. The van der Waals surface area contributed by atoms with Gasteiger partial charge in [-0.25, -0.2) is 9.97 Å². The highest BCUT2D eigenvalue weighted by Crippen LogP contribution is 2.39. The van der Waals surface area contributed by atoms with Gasteiger partial charge in [0.2, 0.25) is 0 Å². The van der Waals surface area contributed by atoms with Crippen LogP contribution < -0.4 is 0 Å². The van der Waals surface area contributed by atoms with Crippen LogP contribution in [0.25, 0.3) is 10.3 Å². The molecule has 1 unspecified atom stereocenters. The zero-order chi connectivity index (χ0) is 19.3. The number of halogens is 3. The number of alkyl halides is 3. The fourth-order valence-electron chi connectivity index (χ4n) is 3.62. The van der Waals surface area contributed by atoms with E-state index in [9.17, 15) is 17.4 Å². The lowest BCUT2D eigenvalue weighted by Crippen LogP contribution is -2.59. The molecule has 2 aromatic rings. The lowest BCUT2D eigenvalue weighted by Gasteiger charge is -2.52. The molecule has 0 saturated carbocycles. The van der Waals surface area contributed by atoms with Crippen molar-refractivity contribution in [3.8, 4) is 0 Å². The molecule has 0 N–H and O–H groups in total. The van der Waals surface area contributed by atoms with E-state index in [1.807, 2.05) is 0 Å². The molecule has 0 radical (unpaired) electrons. The van der Waals surface area contributed by atoms with Crippen molar-refractivity contribution in [1.29, 1.82) is 0 Å². The van der Waals surface area contributed by atoms with Crippen molar-refractivity contribution in [3.05, 3.63) is 17.8 Å². The first-order valence-electron chi connectivity index (χ1n) is 8.40. The molecule has 1 atom stereocenters. The van der Waals surface area contributed by atoms with Crippen LogP contribution >= 0.6 is 11.3 Å². The summed E-state index contributed by atoms with van der Waals surface area (Å²) in [4.78, 5) is 10.2. The maximum absolute atomic E-state index is 12.9. The minimum atomic E-state index is -4.45. The van der Waals surface area contributed by atoms with Gasteiger partial charge in [0.15, 0.2) is 9.99 Å². The Kier molecular flexibility index (Phi) is 4.94. The number of aromatic nitrogens is 2. The van der Waals surface area contributed by atoms with E-state index in [-0.39, 0.29) is 16.7 Å². The first-order valence-corrected chi connectivity index (χ1v) is 10.5. The van der Waals surface area contributed by atoms with E-state index < -0.39 is 22.5 Å². The zero-order valence-corrected chi connectivity index (χ0v) is 16.8. The third-order valence-corrected chi connectivity index (χ3v) is 7.60. The average Bonchev–Trinajstić information content (AvgIpc) is 2.92. The Morgan fingerprint density at radius 1 is 1.23 bits per heavy atom. The number of thiazole rings is 1. The molecule has 4 nitrogen and oxygen atoms in total. The van der Waals surface area contributed by atoms with E-state index in [2.05, 4.69) is 42.6 Å². The average molecular weight is 406 g/mol. The fourth-order valence-corrected chi connectivity index (χ4v) is 6.34. The molecule has 0 spiro atoms. The summed E-state index contributed by atoms with van der Waals surface area (Å²) in [6.45, 7) is 8.56. The van der Waals surface area contributed by atoms with E-state index in [0.29, 0.717) is 14.9 Å². The van der Waals surface area contributed by atoms with Gasteiger partial charge in [0, 0.05) is 17.3 Å². The minimum Gasteiger partial charge on any atom is -0.281 e. The van der Waals surface area contributed by atoms with Crippen LogP contribution in [-0.4, -0.2) is 36.0 Å². The summed E-state index contributed by atoms with van der Waals surface area (Å²) in [5.74, 6) is 0.311. The van der Waals surface area contributed by atoms with Crippen LogP contribution in [0.1, 0.15) is 52.5 Å². The Labute approximate surface area is 157 Å². The second-order valence-corrected chi connectivity index (χ2v) is 10.5. The van der Waals surface area contributed by atoms with Gasteiger partial charge >= 0.3 is 6.18 Å². The lowest BCUT2D eigenvalue weighted by atomic mass is 9.80. The Bertz CT molecular complexity index is 829. The molecule has 1 aliphatic rings. The summed E-state index contributed by atoms with van der Waals surface area (Å²) >= 11 is 1.02. The van der Waals surface area contributed by atoms with Crippen LogP contribution in [0.5, 0.6) is 0 Å². The molecule has 0 bridgehead atoms. The van der Waals surface area contributed by atoms with Crippen LogP contribution in [0.15, 0.2) is 16.6 Å². The minimum absolute atomic E-state index is 0.0875. The van der Waals surface area contributed by atoms with E-state index in [1.165, 1.54) is 0 Å². The van der Waals surface area contributed by atoms with E-state index in [0.717, 1.165) is 42.9 Å². The van der Waals surface area contributed by atoms with E-state index >= 15 is 0 Å². The molecule has 1 saturated heterocycles. The molecular weight excluding hydrogens is 383 g/mol. The van der Waals surface area contributed by atoms with Gasteiger partial charge < -0.3 is 0 Å². The monoisotopic (exact) mass is 405 g/mol. The molecule has 144 valence electrons. The van der Waals surface area contributed by atoms with Gasteiger partial charge in [-0.05, 0) is 53.0 Å². The topological polar surface area (TPSA) is 46.1 Å². The van der Waals surface area contributed by atoms with Crippen molar-refractivity contribution in [3.63, 3.8) is 0 Å². The Morgan fingerprint density at radius 2 is 1.85 bits per heavy atom. The first-order chi connectivity index (χ1) is 11.9. The third-order valence-electron chi connectivity index (χ3n) is 5.03. The molecule has 0 amide bonds. The van der Waals surface area contributed by atoms with Crippen LogP contribution in [0.3, 0.4) is 0 Å². The number of pyridine rings is 1. The molecule has 1 aliphatic heterocycles. The molecule has 0 aliphatic carbocycles. The summed E-state index contributed by atoms with van der Waals surface area (Å²) in [5, 5.41) is 0. The van der Waals surface area contributed by atoms with Crippen molar-refractivity contribution in [2.75, 3.05) is 5.88 Å². The van der Waals surface area contributed by atoms with Gasteiger partial charge in [-0.3, -0.25) is 9.11 Å². The highest BCUT2D eigenvalue weighted by Gasteiger charge is 2.42. The summed E-state index contributed by atoms with van der Waals surface area (Å²) in [5.41, 5.74) is -0.779. The normalized spacial score (nSPS) is 21.8. The quantitative estimate of drug-likeness (QED) is 0.735. The second kappa shape index (κ2) is 6.53. The SMILES string of the molecule is CC1(C)CCCC(C)(C)N1CS(=O)c1nc2ncc(C(F)(F)F)cc2s1. The summed E-state index contributed by atoms with van der Waals surface area (Å²) < 4.78 is 52.1. The van der Waals surface area contributed by atoms with Crippen molar-refractivity contribution < 1.29 is 17.4 Å². The van der Waals surface area contributed by atoms with Crippen molar-refractivity contribution >= 4 is 32.5 Å². The van der Waals surface area contributed by atoms with Crippen molar-refractivity contribution in [2.45, 2.75) is 68.6 Å². The summed E-state index contributed by atoms with van der Waals surface area (Å²) in [6, 6.07) is 1.02. The number of piperidine rings is 1. The number of likely N-dealkylation sites (tertiary alicyclic amines) is 1. The van der Waals surface area contributed by atoms with Gasteiger partial charge in [-0.2, -0.15) is 13.2 Å². The standard InChI is InChI=1S/C17H22F3N3OS2/c1-15(2)6-5-7-16(3,4)23(15)10-26(24)14-22-13-12(25-14)8-11(9-21-13)17(18,19)20/h8-9H,5-7,10H2,1-4H3. The fraction of sp³-hybridized carbons (Fsp3) is 0.647. The molecule has 3 rings (SSSR count). The number of fused-ring (bicyclic) bond motifs is 1. The Balaban J connectivity index is 1.88. The Morgan fingerprint density at radius 3 is 2.42 bits per heavy atom. The maximum atomic E-state index is 12.9.